The molecule has 158 valence electrons. The van der Waals surface area contributed by atoms with Crippen molar-refractivity contribution in [3.63, 3.8) is 0 Å². The van der Waals surface area contributed by atoms with Crippen molar-refractivity contribution < 1.29 is 23.8 Å². The van der Waals surface area contributed by atoms with Crippen molar-refractivity contribution in [1.29, 1.82) is 0 Å². The number of nitrogens with zero attached hydrogens (tertiary/aromatic N) is 1. The second-order valence-electron chi connectivity index (χ2n) is 7.21. The van der Waals surface area contributed by atoms with Crippen molar-refractivity contribution in [3.05, 3.63) is 95.1 Å². The van der Waals surface area contributed by atoms with E-state index in [1.165, 1.54) is 7.11 Å². The molecule has 0 spiro atoms. The van der Waals surface area contributed by atoms with E-state index in [9.17, 15) is 9.59 Å². The molecule has 1 amide bonds. The second-order valence-corrected chi connectivity index (χ2v) is 7.21. The average molecular weight is 417 g/mol. The zero-order valence-corrected chi connectivity index (χ0v) is 17.4. The Morgan fingerprint density at radius 2 is 1.65 bits per heavy atom. The molecule has 0 aliphatic carbocycles. The zero-order chi connectivity index (χ0) is 21.8. The standard InChI is InChI=1S/C25H23NO5/c1-17(18-9-4-3-5-10-18)26(15-19-11-8-14-22-23(19)31-16-30-22)24(27)20-12-6-7-13-21(20)25(28)29-2/h3-14,17H,15-16H2,1-2H3/t17-/m1/s1. The molecule has 1 atom stereocenters. The van der Waals surface area contributed by atoms with Crippen LogP contribution in [0.15, 0.2) is 72.8 Å². The highest BCUT2D eigenvalue weighted by atomic mass is 16.7. The van der Waals surface area contributed by atoms with Gasteiger partial charge in [-0.25, -0.2) is 4.79 Å². The summed E-state index contributed by atoms with van der Waals surface area (Å²) < 4.78 is 16.0. The highest BCUT2D eigenvalue weighted by molar-refractivity contribution is 6.05. The van der Waals surface area contributed by atoms with Crippen molar-refractivity contribution >= 4 is 11.9 Å². The van der Waals surface area contributed by atoms with Gasteiger partial charge in [0.05, 0.1) is 30.8 Å². The maximum atomic E-state index is 13.8. The van der Waals surface area contributed by atoms with Gasteiger partial charge in [0.2, 0.25) is 6.79 Å². The molecule has 1 heterocycles. The first-order valence-corrected chi connectivity index (χ1v) is 10.0. The first-order chi connectivity index (χ1) is 15.1. The van der Waals surface area contributed by atoms with E-state index in [4.69, 9.17) is 14.2 Å². The molecule has 31 heavy (non-hydrogen) atoms. The van der Waals surface area contributed by atoms with Gasteiger partial charge in [-0.05, 0) is 30.7 Å². The summed E-state index contributed by atoms with van der Waals surface area (Å²) in [5.74, 6) is 0.483. The number of rotatable bonds is 6. The molecule has 0 bridgehead atoms. The minimum Gasteiger partial charge on any atom is -0.465 e. The van der Waals surface area contributed by atoms with E-state index in [-0.39, 0.29) is 30.9 Å². The van der Waals surface area contributed by atoms with Gasteiger partial charge in [0.15, 0.2) is 11.5 Å². The number of hydrogen-bond acceptors (Lipinski definition) is 5. The summed E-state index contributed by atoms with van der Waals surface area (Å²) in [5.41, 5.74) is 2.35. The smallest absolute Gasteiger partial charge is 0.338 e. The van der Waals surface area contributed by atoms with Crippen LogP contribution in [-0.4, -0.2) is 30.7 Å². The van der Waals surface area contributed by atoms with E-state index in [2.05, 4.69) is 0 Å². The summed E-state index contributed by atoms with van der Waals surface area (Å²) in [6.07, 6.45) is 0. The molecule has 3 aromatic rings. The fourth-order valence-electron chi connectivity index (χ4n) is 3.71. The van der Waals surface area contributed by atoms with E-state index >= 15 is 0 Å². The topological polar surface area (TPSA) is 65.1 Å². The molecule has 0 saturated carbocycles. The molecule has 0 saturated heterocycles. The Hall–Kier alpha value is -3.80. The van der Waals surface area contributed by atoms with Gasteiger partial charge in [-0.15, -0.1) is 0 Å². The number of ether oxygens (including phenoxy) is 3. The number of carbonyl (C=O) groups excluding carboxylic acids is 2. The first kappa shape index (κ1) is 20.5. The van der Waals surface area contributed by atoms with Crippen molar-refractivity contribution in [2.24, 2.45) is 0 Å². The maximum absolute atomic E-state index is 13.8. The fourth-order valence-corrected chi connectivity index (χ4v) is 3.71. The molecule has 6 heteroatoms. The summed E-state index contributed by atoms with van der Waals surface area (Å²) in [4.78, 5) is 27.8. The van der Waals surface area contributed by atoms with Crippen LogP contribution in [0, 0.1) is 0 Å². The molecule has 4 rings (SSSR count). The number of hydrogen-bond donors (Lipinski definition) is 0. The average Bonchev–Trinajstić information content (AvgIpc) is 3.31. The third-order valence-electron chi connectivity index (χ3n) is 5.39. The molecule has 0 radical (unpaired) electrons. The van der Waals surface area contributed by atoms with E-state index in [1.54, 1.807) is 29.2 Å². The third-order valence-corrected chi connectivity index (χ3v) is 5.39. The lowest BCUT2D eigenvalue weighted by molar-refractivity contribution is 0.0580. The summed E-state index contributed by atoms with van der Waals surface area (Å²) in [5, 5.41) is 0. The largest absolute Gasteiger partial charge is 0.465 e. The molecular weight excluding hydrogens is 394 g/mol. The number of fused-ring (bicyclic) bond motifs is 1. The predicted octanol–water partition coefficient (Wildman–Crippen LogP) is 4.61. The Bertz CT molecular complexity index is 1100. The van der Waals surface area contributed by atoms with Gasteiger partial charge in [-0.1, -0.05) is 54.6 Å². The quantitative estimate of drug-likeness (QED) is 0.548. The van der Waals surface area contributed by atoms with Gasteiger partial charge >= 0.3 is 5.97 Å². The van der Waals surface area contributed by atoms with E-state index in [0.717, 1.165) is 11.1 Å². The van der Waals surface area contributed by atoms with Gasteiger partial charge in [0, 0.05) is 5.56 Å². The molecular formula is C25H23NO5. The Morgan fingerprint density at radius 3 is 2.39 bits per heavy atom. The second kappa shape index (κ2) is 8.92. The molecule has 0 fully saturated rings. The molecule has 1 aliphatic rings. The lowest BCUT2D eigenvalue weighted by Crippen LogP contribution is -2.34. The van der Waals surface area contributed by atoms with Crippen molar-refractivity contribution in [2.75, 3.05) is 13.9 Å². The summed E-state index contributed by atoms with van der Waals surface area (Å²) in [6.45, 7) is 2.41. The minimum atomic E-state index is -0.548. The SMILES string of the molecule is COC(=O)c1ccccc1C(=O)N(Cc1cccc2c1OCO2)[C@H](C)c1ccccc1. The van der Waals surface area contributed by atoms with Crippen LogP contribution in [0.5, 0.6) is 11.5 Å². The molecule has 0 N–H and O–H groups in total. The Morgan fingerprint density at radius 1 is 0.935 bits per heavy atom. The number of methoxy groups -OCH3 is 1. The molecule has 0 aromatic heterocycles. The van der Waals surface area contributed by atoms with Crippen LogP contribution in [0.25, 0.3) is 0 Å². The predicted molar refractivity (Wildman–Crippen MR) is 115 cm³/mol. The number of carbonyl (C=O) groups is 2. The zero-order valence-electron chi connectivity index (χ0n) is 17.4. The van der Waals surface area contributed by atoms with Crippen molar-refractivity contribution in [3.8, 4) is 11.5 Å². The van der Waals surface area contributed by atoms with Crippen LogP contribution in [0.3, 0.4) is 0 Å². The van der Waals surface area contributed by atoms with Crippen molar-refractivity contribution in [2.45, 2.75) is 19.5 Å². The normalized spacial score (nSPS) is 12.8. The number of esters is 1. The lowest BCUT2D eigenvalue weighted by atomic mass is 10.0. The van der Waals surface area contributed by atoms with Crippen LogP contribution >= 0.6 is 0 Å². The van der Waals surface area contributed by atoms with Gasteiger partial charge in [0.1, 0.15) is 0 Å². The monoisotopic (exact) mass is 417 g/mol. The van der Waals surface area contributed by atoms with Crippen LogP contribution in [0.1, 0.15) is 44.8 Å². The summed E-state index contributed by atoms with van der Waals surface area (Å²) >= 11 is 0. The number of para-hydroxylation sites is 1. The van der Waals surface area contributed by atoms with Crippen molar-refractivity contribution in [1.82, 2.24) is 4.90 Å². The van der Waals surface area contributed by atoms with E-state index in [0.29, 0.717) is 17.1 Å². The van der Waals surface area contributed by atoms with Crippen LogP contribution < -0.4 is 9.47 Å². The van der Waals surface area contributed by atoms with Crippen LogP contribution in [0.2, 0.25) is 0 Å². The lowest BCUT2D eigenvalue weighted by Gasteiger charge is -2.30. The number of benzene rings is 3. The van der Waals surface area contributed by atoms with E-state index < -0.39 is 5.97 Å². The number of amides is 1. The molecule has 6 nitrogen and oxygen atoms in total. The van der Waals surface area contributed by atoms with Gasteiger partial charge < -0.3 is 19.1 Å². The maximum Gasteiger partial charge on any atom is 0.338 e. The molecule has 3 aromatic carbocycles. The van der Waals surface area contributed by atoms with Gasteiger partial charge in [-0.2, -0.15) is 0 Å². The highest BCUT2D eigenvalue weighted by Gasteiger charge is 2.29. The Kier molecular flexibility index (Phi) is 5.89. The summed E-state index contributed by atoms with van der Waals surface area (Å²) in [7, 11) is 1.30. The Labute approximate surface area is 181 Å². The third kappa shape index (κ3) is 4.10. The molecule has 1 aliphatic heterocycles. The van der Waals surface area contributed by atoms with Gasteiger partial charge in [0.25, 0.3) is 5.91 Å². The summed E-state index contributed by atoms with van der Waals surface area (Å²) in [6, 6.07) is 21.8. The van der Waals surface area contributed by atoms with Crippen LogP contribution in [-0.2, 0) is 11.3 Å². The minimum absolute atomic E-state index is 0.152. The van der Waals surface area contributed by atoms with E-state index in [1.807, 2.05) is 55.5 Å². The first-order valence-electron chi connectivity index (χ1n) is 10.0. The van der Waals surface area contributed by atoms with Gasteiger partial charge in [-0.3, -0.25) is 4.79 Å². The Balaban J connectivity index is 1.76. The fraction of sp³-hybridized carbons (Fsp3) is 0.200. The molecule has 0 unspecified atom stereocenters. The van der Waals surface area contributed by atoms with Crippen LogP contribution in [0.4, 0.5) is 0 Å². The highest BCUT2D eigenvalue weighted by Crippen LogP contribution is 2.37.